The maximum atomic E-state index is 4.16. The zero-order valence-electron chi connectivity index (χ0n) is 7.78. The van der Waals surface area contributed by atoms with E-state index in [1.54, 1.807) is 0 Å². The fourth-order valence-electron chi connectivity index (χ4n) is 1.08. The standard InChI is InChI=1S/C8H8N2.C2H6/c1-7-8-4-2-3-5-10(8)6-9-7;1-2/h2-6H,1H3;1-2H3. The summed E-state index contributed by atoms with van der Waals surface area (Å²) >= 11 is 0. The first kappa shape index (κ1) is 8.78. The van der Waals surface area contributed by atoms with Crippen LogP contribution in [0.1, 0.15) is 19.5 Å². The van der Waals surface area contributed by atoms with E-state index in [0.29, 0.717) is 0 Å². The largest absolute Gasteiger partial charge is 0.306 e. The summed E-state index contributed by atoms with van der Waals surface area (Å²) in [7, 11) is 0. The van der Waals surface area contributed by atoms with Crippen LogP contribution in [0.15, 0.2) is 30.7 Å². The minimum Gasteiger partial charge on any atom is -0.306 e. The van der Waals surface area contributed by atoms with Gasteiger partial charge in [0.1, 0.15) is 0 Å². The number of aromatic nitrogens is 2. The molecular formula is C10H14N2. The van der Waals surface area contributed by atoms with Crippen molar-refractivity contribution in [3.63, 3.8) is 0 Å². The van der Waals surface area contributed by atoms with Crippen molar-refractivity contribution < 1.29 is 0 Å². The van der Waals surface area contributed by atoms with Crippen molar-refractivity contribution in [3.8, 4) is 0 Å². The summed E-state index contributed by atoms with van der Waals surface area (Å²) in [6.07, 6.45) is 3.82. The number of fused-ring (bicyclic) bond motifs is 1. The minimum atomic E-state index is 1.08. The van der Waals surface area contributed by atoms with Crippen LogP contribution in [0.25, 0.3) is 5.52 Å². The average Bonchev–Trinajstić information content (AvgIpc) is 2.53. The Morgan fingerprint density at radius 3 is 2.67 bits per heavy atom. The molecule has 2 heteroatoms. The van der Waals surface area contributed by atoms with Gasteiger partial charge in [0.2, 0.25) is 0 Å². The molecule has 2 aromatic rings. The van der Waals surface area contributed by atoms with Crippen molar-refractivity contribution in [2.45, 2.75) is 20.8 Å². The molecule has 2 nitrogen and oxygen atoms in total. The highest BCUT2D eigenvalue weighted by molar-refractivity contribution is 5.50. The third kappa shape index (κ3) is 1.47. The molecule has 0 saturated heterocycles. The molecule has 0 bridgehead atoms. The van der Waals surface area contributed by atoms with Crippen molar-refractivity contribution in [3.05, 3.63) is 36.4 Å². The lowest BCUT2D eigenvalue weighted by Gasteiger charge is -1.89. The molecule has 0 atom stereocenters. The van der Waals surface area contributed by atoms with E-state index in [2.05, 4.69) is 11.1 Å². The highest BCUT2D eigenvalue weighted by Crippen LogP contribution is 2.05. The first-order valence-electron chi connectivity index (χ1n) is 4.26. The van der Waals surface area contributed by atoms with Gasteiger partial charge in [0.05, 0.1) is 17.5 Å². The third-order valence-corrected chi connectivity index (χ3v) is 1.64. The fraction of sp³-hybridized carbons (Fsp3) is 0.300. The van der Waals surface area contributed by atoms with Crippen molar-refractivity contribution >= 4 is 5.52 Å². The lowest BCUT2D eigenvalue weighted by molar-refractivity contribution is 1.15. The Hall–Kier alpha value is -1.31. The number of pyridine rings is 1. The third-order valence-electron chi connectivity index (χ3n) is 1.64. The number of imidazole rings is 1. The molecule has 0 amide bonds. The van der Waals surface area contributed by atoms with Gasteiger partial charge in [-0.2, -0.15) is 0 Å². The van der Waals surface area contributed by atoms with Crippen LogP contribution in [0.4, 0.5) is 0 Å². The molecule has 12 heavy (non-hydrogen) atoms. The Labute approximate surface area is 72.9 Å². The predicted molar refractivity (Wildman–Crippen MR) is 51.3 cm³/mol. The fourth-order valence-corrected chi connectivity index (χ4v) is 1.08. The van der Waals surface area contributed by atoms with Gasteiger partial charge >= 0.3 is 0 Å². The average molecular weight is 162 g/mol. The van der Waals surface area contributed by atoms with E-state index in [1.807, 2.05) is 49.8 Å². The van der Waals surface area contributed by atoms with Crippen LogP contribution in [0, 0.1) is 6.92 Å². The summed E-state index contributed by atoms with van der Waals surface area (Å²) in [5.74, 6) is 0. The second-order valence-corrected chi connectivity index (χ2v) is 2.32. The van der Waals surface area contributed by atoms with Crippen LogP contribution in [0.3, 0.4) is 0 Å². The van der Waals surface area contributed by atoms with E-state index >= 15 is 0 Å². The molecule has 0 spiro atoms. The Morgan fingerprint density at radius 1 is 1.25 bits per heavy atom. The summed E-state index contributed by atoms with van der Waals surface area (Å²) in [6, 6.07) is 6.07. The van der Waals surface area contributed by atoms with Gasteiger partial charge < -0.3 is 4.40 Å². The van der Waals surface area contributed by atoms with Crippen LogP contribution >= 0.6 is 0 Å². The van der Waals surface area contributed by atoms with Gasteiger partial charge in [-0.3, -0.25) is 0 Å². The molecule has 0 aliphatic rings. The van der Waals surface area contributed by atoms with Crippen LogP contribution < -0.4 is 0 Å². The van der Waals surface area contributed by atoms with E-state index in [1.165, 1.54) is 5.52 Å². The molecule has 0 saturated carbocycles. The number of rotatable bonds is 0. The van der Waals surface area contributed by atoms with Crippen molar-refractivity contribution in [2.75, 3.05) is 0 Å². The van der Waals surface area contributed by atoms with E-state index in [9.17, 15) is 0 Å². The lowest BCUT2D eigenvalue weighted by atomic mass is 10.3. The Morgan fingerprint density at radius 2 is 2.00 bits per heavy atom. The number of hydrogen-bond acceptors (Lipinski definition) is 1. The number of hydrogen-bond donors (Lipinski definition) is 0. The predicted octanol–water partition coefficient (Wildman–Crippen LogP) is 2.67. The van der Waals surface area contributed by atoms with E-state index in [0.717, 1.165) is 5.69 Å². The monoisotopic (exact) mass is 162 g/mol. The van der Waals surface area contributed by atoms with Crippen LogP contribution in [0.2, 0.25) is 0 Å². The smallest absolute Gasteiger partial charge is 0.0995 e. The zero-order valence-corrected chi connectivity index (χ0v) is 7.78. The molecule has 0 unspecified atom stereocenters. The molecule has 0 fully saturated rings. The number of aryl methyl sites for hydroxylation is 1. The first-order valence-corrected chi connectivity index (χ1v) is 4.26. The van der Waals surface area contributed by atoms with Gasteiger partial charge in [-0.1, -0.05) is 19.9 Å². The van der Waals surface area contributed by atoms with Crippen molar-refractivity contribution in [1.82, 2.24) is 9.38 Å². The normalized spacial score (nSPS) is 9.25. The second kappa shape index (κ2) is 3.90. The summed E-state index contributed by atoms with van der Waals surface area (Å²) < 4.78 is 2.01. The topological polar surface area (TPSA) is 17.3 Å². The number of nitrogens with zero attached hydrogens (tertiary/aromatic N) is 2. The quantitative estimate of drug-likeness (QED) is 0.582. The van der Waals surface area contributed by atoms with Crippen molar-refractivity contribution in [1.29, 1.82) is 0 Å². The molecule has 0 aliphatic heterocycles. The van der Waals surface area contributed by atoms with E-state index in [-0.39, 0.29) is 0 Å². The minimum absolute atomic E-state index is 1.08. The molecule has 64 valence electrons. The second-order valence-electron chi connectivity index (χ2n) is 2.32. The molecule has 0 N–H and O–H groups in total. The maximum Gasteiger partial charge on any atom is 0.0995 e. The molecule has 2 rings (SSSR count). The van der Waals surface area contributed by atoms with Gasteiger partial charge in [0.15, 0.2) is 0 Å². The van der Waals surface area contributed by atoms with Crippen molar-refractivity contribution in [2.24, 2.45) is 0 Å². The molecule has 0 radical (unpaired) electrons. The van der Waals surface area contributed by atoms with Gasteiger partial charge in [0.25, 0.3) is 0 Å². The van der Waals surface area contributed by atoms with Crippen LogP contribution in [-0.2, 0) is 0 Å². The Bertz CT molecular complexity index is 349. The maximum absolute atomic E-state index is 4.16. The highest BCUT2D eigenvalue weighted by atomic mass is 15.0. The summed E-state index contributed by atoms with van der Waals surface area (Å²) in [5.41, 5.74) is 2.27. The summed E-state index contributed by atoms with van der Waals surface area (Å²) in [6.45, 7) is 6.01. The van der Waals surface area contributed by atoms with Gasteiger partial charge in [-0.05, 0) is 19.1 Å². The van der Waals surface area contributed by atoms with E-state index in [4.69, 9.17) is 0 Å². The lowest BCUT2D eigenvalue weighted by Crippen LogP contribution is -1.78. The molecular weight excluding hydrogens is 148 g/mol. The van der Waals surface area contributed by atoms with Gasteiger partial charge in [-0.25, -0.2) is 4.98 Å². The zero-order chi connectivity index (χ0) is 8.97. The molecule has 2 aromatic heterocycles. The Kier molecular flexibility index (Phi) is 2.86. The summed E-state index contributed by atoms with van der Waals surface area (Å²) in [4.78, 5) is 4.16. The molecule has 0 aromatic carbocycles. The summed E-state index contributed by atoms with van der Waals surface area (Å²) in [5, 5.41) is 0. The van der Waals surface area contributed by atoms with E-state index < -0.39 is 0 Å². The van der Waals surface area contributed by atoms with Crippen LogP contribution in [-0.4, -0.2) is 9.38 Å². The molecule has 0 aliphatic carbocycles. The van der Waals surface area contributed by atoms with Gasteiger partial charge in [0, 0.05) is 6.20 Å². The van der Waals surface area contributed by atoms with Crippen LogP contribution in [0.5, 0.6) is 0 Å². The SMILES string of the molecule is CC.Cc1ncn2ccccc12. The van der Waals surface area contributed by atoms with Gasteiger partial charge in [-0.15, -0.1) is 0 Å². The first-order chi connectivity index (χ1) is 5.88. The Balaban J connectivity index is 0.000000336. The highest BCUT2D eigenvalue weighted by Gasteiger charge is 1.94. The molecule has 2 heterocycles.